The third-order valence-corrected chi connectivity index (χ3v) is 2.75. The molecule has 2 rings (SSSR count). The van der Waals surface area contributed by atoms with E-state index in [-0.39, 0.29) is 0 Å². The number of nitrogens with one attached hydrogen (secondary N) is 1. The van der Waals surface area contributed by atoms with Crippen LogP contribution in [0.15, 0.2) is 18.3 Å². The van der Waals surface area contributed by atoms with Gasteiger partial charge in [0.05, 0.1) is 11.1 Å². The summed E-state index contributed by atoms with van der Waals surface area (Å²) in [7, 11) is 0. The van der Waals surface area contributed by atoms with Crippen LogP contribution in [0.3, 0.4) is 0 Å². The summed E-state index contributed by atoms with van der Waals surface area (Å²) in [4.78, 5) is 4.22. The van der Waals surface area contributed by atoms with Gasteiger partial charge in [-0.3, -0.25) is 10.3 Å². The summed E-state index contributed by atoms with van der Waals surface area (Å²) in [5, 5.41) is 3.71. The predicted octanol–water partition coefficient (Wildman–Crippen LogP) is 1.22. The van der Waals surface area contributed by atoms with Gasteiger partial charge in [-0.25, -0.2) is 0 Å². The van der Waals surface area contributed by atoms with Crippen LogP contribution in [-0.2, 0) is 0 Å². The molecule has 1 atom stereocenters. The fourth-order valence-corrected chi connectivity index (χ4v) is 2.08. The summed E-state index contributed by atoms with van der Waals surface area (Å²) in [6, 6.07) is 6.91. The van der Waals surface area contributed by atoms with Crippen molar-refractivity contribution in [3.8, 4) is 0 Å². The van der Waals surface area contributed by atoms with Crippen LogP contribution in [0.2, 0.25) is 0 Å². The minimum atomic E-state index is 0.371. The van der Waals surface area contributed by atoms with Gasteiger partial charge in [-0.15, -0.1) is 11.8 Å². The van der Waals surface area contributed by atoms with Gasteiger partial charge in [-0.1, -0.05) is 6.07 Å². The molecule has 1 aliphatic heterocycles. The molecule has 1 aliphatic rings. The molecule has 1 aromatic heterocycles. The molecule has 1 radical (unpaired) electrons. The van der Waals surface area contributed by atoms with Gasteiger partial charge in [0.2, 0.25) is 0 Å². The molecule has 0 amide bonds. The highest BCUT2D eigenvalue weighted by molar-refractivity contribution is 7.99. The van der Waals surface area contributed by atoms with E-state index in [0.29, 0.717) is 5.37 Å². The predicted molar refractivity (Wildman–Crippen MR) is 46.3 cm³/mol. The molecule has 0 bridgehead atoms. The maximum Gasteiger partial charge on any atom is 0.0969 e. The van der Waals surface area contributed by atoms with Crippen LogP contribution in [0.4, 0.5) is 0 Å². The zero-order valence-electron chi connectivity index (χ0n) is 6.08. The second-order valence-corrected chi connectivity index (χ2v) is 3.58. The third kappa shape index (κ3) is 1.54. The average molecular weight is 165 g/mol. The summed E-state index contributed by atoms with van der Waals surface area (Å²) < 4.78 is 0. The number of pyridine rings is 1. The quantitative estimate of drug-likeness (QED) is 0.677. The van der Waals surface area contributed by atoms with E-state index >= 15 is 0 Å². The lowest BCUT2D eigenvalue weighted by Gasteiger charge is -2.06. The summed E-state index contributed by atoms with van der Waals surface area (Å²) >= 11 is 1.89. The van der Waals surface area contributed by atoms with E-state index in [1.54, 1.807) is 0 Å². The Kier molecular flexibility index (Phi) is 2.10. The first-order valence-electron chi connectivity index (χ1n) is 3.64. The zero-order valence-corrected chi connectivity index (χ0v) is 6.90. The molecule has 1 fully saturated rings. The van der Waals surface area contributed by atoms with Crippen molar-refractivity contribution in [2.75, 3.05) is 12.3 Å². The molecule has 1 aromatic rings. The van der Waals surface area contributed by atoms with Crippen LogP contribution in [0.5, 0.6) is 0 Å². The van der Waals surface area contributed by atoms with Crippen molar-refractivity contribution in [2.24, 2.45) is 0 Å². The van der Waals surface area contributed by atoms with Crippen molar-refractivity contribution in [1.82, 2.24) is 10.3 Å². The molecule has 2 heterocycles. The smallest absolute Gasteiger partial charge is 0.0969 e. The minimum absolute atomic E-state index is 0.371. The number of hydrogen-bond donors (Lipinski definition) is 1. The Bertz CT molecular complexity index is 219. The molecule has 2 nitrogen and oxygen atoms in total. The Hall–Kier alpha value is -0.540. The van der Waals surface area contributed by atoms with Crippen molar-refractivity contribution >= 4 is 11.8 Å². The zero-order chi connectivity index (χ0) is 7.52. The second kappa shape index (κ2) is 3.24. The lowest BCUT2D eigenvalue weighted by Crippen LogP contribution is -2.12. The number of rotatable bonds is 1. The molecule has 1 unspecified atom stereocenters. The van der Waals surface area contributed by atoms with Gasteiger partial charge in [0.25, 0.3) is 0 Å². The second-order valence-electron chi connectivity index (χ2n) is 2.37. The lowest BCUT2D eigenvalue weighted by atomic mass is 10.3. The van der Waals surface area contributed by atoms with Gasteiger partial charge >= 0.3 is 0 Å². The van der Waals surface area contributed by atoms with Crippen molar-refractivity contribution in [2.45, 2.75) is 5.37 Å². The summed E-state index contributed by atoms with van der Waals surface area (Å²) in [5.41, 5.74) is 1.02. The first-order valence-corrected chi connectivity index (χ1v) is 4.69. The monoisotopic (exact) mass is 165 g/mol. The Morgan fingerprint density at radius 3 is 3.36 bits per heavy atom. The Labute approximate surface area is 70.4 Å². The van der Waals surface area contributed by atoms with Gasteiger partial charge in [-0.05, 0) is 6.07 Å². The highest BCUT2D eigenvalue weighted by Gasteiger charge is 2.16. The van der Waals surface area contributed by atoms with Crippen LogP contribution in [0.1, 0.15) is 11.1 Å². The molecule has 11 heavy (non-hydrogen) atoms. The number of nitrogens with zero attached hydrogens (tertiary/aromatic N) is 1. The van der Waals surface area contributed by atoms with E-state index in [1.165, 1.54) is 5.75 Å². The minimum Gasteiger partial charge on any atom is -0.300 e. The van der Waals surface area contributed by atoms with E-state index in [9.17, 15) is 0 Å². The van der Waals surface area contributed by atoms with Gasteiger partial charge in [0.15, 0.2) is 0 Å². The van der Waals surface area contributed by atoms with Gasteiger partial charge < -0.3 is 0 Å². The van der Waals surface area contributed by atoms with Crippen molar-refractivity contribution in [1.29, 1.82) is 0 Å². The summed E-state index contributed by atoms with van der Waals surface area (Å²) in [5.74, 6) is 1.18. The Balaban J connectivity index is 2.16. The molecule has 3 heteroatoms. The normalized spacial score (nSPS) is 23.8. The van der Waals surface area contributed by atoms with Crippen LogP contribution < -0.4 is 5.32 Å². The highest BCUT2D eigenvalue weighted by Crippen LogP contribution is 2.27. The molecule has 0 saturated carbocycles. The van der Waals surface area contributed by atoms with Crippen LogP contribution in [0.25, 0.3) is 0 Å². The van der Waals surface area contributed by atoms with E-state index in [4.69, 9.17) is 0 Å². The fourth-order valence-electron chi connectivity index (χ4n) is 1.08. The van der Waals surface area contributed by atoms with Crippen LogP contribution in [0, 0.1) is 6.07 Å². The molecule has 1 saturated heterocycles. The van der Waals surface area contributed by atoms with Gasteiger partial charge in [-0.2, -0.15) is 0 Å². The Morgan fingerprint density at radius 2 is 2.73 bits per heavy atom. The number of hydrogen-bond acceptors (Lipinski definition) is 3. The SMILES string of the molecule is [c]1cccnc1C1NCCS1. The van der Waals surface area contributed by atoms with E-state index in [1.807, 2.05) is 30.1 Å². The van der Waals surface area contributed by atoms with Gasteiger partial charge in [0, 0.05) is 24.6 Å². The first kappa shape index (κ1) is 7.13. The third-order valence-electron chi connectivity index (χ3n) is 1.59. The van der Waals surface area contributed by atoms with Crippen molar-refractivity contribution < 1.29 is 0 Å². The molecule has 0 aliphatic carbocycles. The van der Waals surface area contributed by atoms with Gasteiger partial charge in [0.1, 0.15) is 0 Å². The molecule has 0 aromatic carbocycles. The van der Waals surface area contributed by atoms with Crippen LogP contribution >= 0.6 is 11.8 Å². The number of aromatic nitrogens is 1. The topological polar surface area (TPSA) is 24.9 Å². The summed E-state index contributed by atoms with van der Waals surface area (Å²) in [6.45, 7) is 1.08. The van der Waals surface area contributed by atoms with E-state index < -0.39 is 0 Å². The molecule has 0 spiro atoms. The highest BCUT2D eigenvalue weighted by atomic mass is 32.2. The average Bonchev–Trinajstić information content (AvgIpc) is 2.58. The maximum atomic E-state index is 4.22. The lowest BCUT2D eigenvalue weighted by molar-refractivity contribution is 0.731. The molecule has 57 valence electrons. The van der Waals surface area contributed by atoms with Crippen molar-refractivity contribution in [3.05, 3.63) is 30.1 Å². The molecular weight excluding hydrogens is 156 g/mol. The van der Waals surface area contributed by atoms with E-state index in [0.717, 1.165) is 12.2 Å². The first-order chi connectivity index (χ1) is 5.47. The molecular formula is C8H9N2S. The number of thioether (sulfide) groups is 1. The van der Waals surface area contributed by atoms with E-state index in [2.05, 4.69) is 16.4 Å². The van der Waals surface area contributed by atoms with Crippen LogP contribution in [-0.4, -0.2) is 17.3 Å². The maximum absolute atomic E-state index is 4.22. The fraction of sp³-hybridized carbons (Fsp3) is 0.375. The molecule has 1 N–H and O–H groups in total. The Morgan fingerprint density at radius 1 is 1.73 bits per heavy atom. The largest absolute Gasteiger partial charge is 0.300 e. The van der Waals surface area contributed by atoms with Crippen molar-refractivity contribution in [3.63, 3.8) is 0 Å². The standard InChI is InChI=1S/C8H9N2S/c1-2-4-9-7(3-1)8-10-5-6-11-8/h1-2,4,8,10H,5-6H2. The summed E-state index contributed by atoms with van der Waals surface area (Å²) in [6.07, 6.45) is 1.81.